The number of aryl methyl sites for hydroxylation is 1. The van der Waals surface area contributed by atoms with Gasteiger partial charge >= 0.3 is 0 Å². The largest absolute Gasteiger partial charge is 0.369 e. The van der Waals surface area contributed by atoms with Crippen LogP contribution in [-0.4, -0.2) is 52.6 Å². The van der Waals surface area contributed by atoms with Crippen molar-refractivity contribution in [1.82, 2.24) is 20.2 Å². The lowest BCUT2D eigenvalue weighted by Gasteiger charge is -2.33. The van der Waals surface area contributed by atoms with Gasteiger partial charge in [-0.2, -0.15) is 0 Å². The molecule has 1 aliphatic heterocycles. The number of amides is 1. The molecule has 3 rings (SSSR count). The molecule has 0 aromatic carbocycles. The molecule has 0 saturated carbocycles. The zero-order chi connectivity index (χ0) is 19.4. The van der Waals surface area contributed by atoms with Gasteiger partial charge in [0.2, 0.25) is 5.91 Å². The molecule has 0 aliphatic carbocycles. The molecule has 0 spiro atoms. The highest BCUT2D eigenvalue weighted by Gasteiger charge is 2.25. The van der Waals surface area contributed by atoms with Gasteiger partial charge in [0, 0.05) is 29.7 Å². The van der Waals surface area contributed by atoms with Gasteiger partial charge in [-0.1, -0.05) is 6.07 Å². The first kappa shape index (κ1) is 19.7. The quantitative estimate of drug-likeness (QED) is 0.819. The maximum absolute atomic E-state index is 12.2. The molecule has 7 nitrogen and oxygen atoms in total. The van der Waals surface area contributed by atoms with Gasteiger partial charge in [0.25, 0.3) is 0 Å². The maximum atomic E-state index is 12.2. The molecule has 1 fully saturated rings. The van der Waals surface area contributed by atoms with Crippen LogP contribution in [0.15, 0.2) is 24.4 Å². The van der Waals surface area contributed by atoms with Gasteiger partial charge in [0.05, 0.1) is 18.8 Å². The number of carbonyl (C=O) groups is 1. The Balaban J connectivity index is 1.62. The van der Waals surface area contributed by atoms with Crippen LogP contribution < -0.4 is 10.6 Å². The normalized spacial score (nSPS) is 18.3. The molecule has 1 saturated heterocycles. The summed E-state index contributed by atoms with van der Waals surface area (Å²) in [5, 5.41) is 7.06. The lowest BCUT2D eigenvalue weighted by atomic mass is 10.1. The Morgan fingerprint density at radius 2 is 2.22 bits per heavy atom. The van der Waals surface area contributed by atoms with Gasteiger partial charge in [0.1, 0.15) is 11.9 Å². The molecule has 1 amide bonds. The van der Waals surface area contributed by atoms with Gasteiger partial charge in [-0.25, -0.2) is 9.97 Å². The van der Waals surface area contributed by atoms with E-state index in [4.69, 9.17) is 4.74 Å². The average Bonchev–Trinajstić information content (AvgIpc) is 2.98. The molecule has 2 aromatic rings. The van der Waals surface area contributed by atoms with Crippen molar-refractivity contribution in [2.45, 2.75) is 39.3 Å². The summed E-state index contributed by atoms with van der Waals surface area (Å²) >= 11 is 1.59. The lowest BCUT2D eigenvalue weighted by molar-refractivity contribution is -0.125. The minimum absolute atomic E-state index is 0.0330. The second-order valence-electron chi connectivity index (χ2n) is 7.74. The van der Waals surface area contributed by atoms with Crippen LogP contribution in [0.5, 0.6) is 0 Å². The molecule has 1 unspecified atom stereocenters. The number of anilines is 2. The molecule has 146 valence electrons. The summed E-state index contributed by atoms with van der Waals surface area (Å²) in [7, 11) is 0. The highest BCUT2D eigenvalue weighted by Crippen LogP contribution is 2.24. The SMILES string of the molecule is Cc1cnc(Nc2cccc(C3CN(CC(=O)NC(C)(C)C)CCO3)n2)s1. The summed E-state index contributed by atoms with van der Waals surface area (Å²) < 4.78 is 5.91. The minimum Gasteiger partial charge on any atom is -0.369 e. The van der Waals surface area contributed by atoms with Crippen molar-refractivity contribution in [1.29, 1.82) is 0 Å². The summed E-state index contributed by atoms with van der Waals surface area (Å²) in [6.07, 6.45) is 1.68. The Bertz CT molecular complexity index is 786. The van der Waals surface area contributed by atoms with E-state index in [1.54, 1.807) is 11.3 Å². The second kappa shape index (κ2) is 8.33. The number of morpholine rings is 1. The Morgan fingerprint density at radius 3 is 2.93 bits per heavy atom. The van der Waals surface area contributed by atoms with Crippen LogP contribution in [0.25, 0.3) is 0 Å². The fraction of sp³-hybridized carbons (Fsp3) is 0.526. The first-order chi connectivity index (χ1) is 12.8. The number of thiazole rings is 1. The topological polar surface area (TPSA) is 79.4 Å². The minimum atomic E-state index is -0.224. The molecular weight excluding hydrogens is 362 g/mol. The van der Waals surface area contributed by atoms with Gasteiger partial charge in [0.15, 0.2) is 5.13 Å². The van der Waals surface area contributed by atoms with E-state index in [0.29, 0.717) is 19.7 Å². The van der Waals surface area contributed by atoms with Gasteiger partial charge < -0.3 is 15.4 Å². The Morgan fingerprint density at radius 1 is 1.41 bits per heavy atom. The molecule has 0 bridgehead atoms. The monoisotopic (exact) mass is 389 g/mol. The molecule has 8 heteroatoms. The summed E-state index contributed by atoms with van der Waals surface area (Å²) in [4.78, 5) is 24.5. The fourth-order valence-corrected chi connectivity index (χ4v) is 3.58. The first-order valence-corrected chi connectivity index (χ1v) is 9.91. The number of hydrogen-bond acceptors (Lipinski definition) is 7. The number of nitrogens with zero attached hydrogens (tertiary/aromatic N) is 3. The Labute approximate surface area is 164 Å². The van der Waals surface area contributed by atoms with Gasteiger partial charge in [-0.3, -0.25) is 9.69 Å². The third-order valence-corrected chi connectivity index (χ3v) is 4.82. The second-order valence-corrected chi connectivity index (χ2v) is 8.98. The van der Waals surface area contributed by atoms with E-state index >= 15 is 0 Å². The fourth-order valence-electron chi connectivity index (χ4n) is 2.91. The zero-order valence-electron chi connectivity index (χ0n) is 16.3. The highest BCUT2D eigenvalue weighted by atomic mass is 32.1. The highest BCUT2D eigenvalue weighted by molar-refractivity contribution is 7.15. The number of ether oxygens (including phenoxy) is 1. The number of carbonyl (C=O) groups excluding carboxylic acids is 1. The summed E-state index contributed by atoms with van der Waals surface area (Å²) in [6.45, 7) is 10.3. The average molecular weight is 390 g/mol. The molecule has 1 atom stereocenters. The standard InChI is InChI=1S/C19H27N5O2S/c1-13-10-20-18(27-13)22-16-7-5-6-14(21-16)15-11-24(8-9-26-15)12-17(25)23-19(2,3)4/h5-7,10,15H,8-9,11-12H2,1-4H3,(H,23,25)(H,20,21,22). The number of hydrogen-bond donors (Lipinski definition) is 2. The van der Waals surface area contributed by atoms with Crippen molar-refractivity contribution >= 4 is 28.2 Å². The number of aromatic nitrogens is 2. The first-order valence-electron chi connectivity index (χ1n) is 9.10. The Kier molecular flexibility index (Phi) is 6.08. The Hall–Kier alpha value is -2.03. The van der Waals surface area contributed by atoms with Crippen molar-refractivity contribution in [2.24, 2.45) is 0 Å². The molecule has 2 N–H and O–H groups in total. The van der Waals surface area contributed by atoms with E-state index in [1.165, 1.54) is 0 Å². The number of pyridine rings is 1. The molecule has 2 aromatic heterocycles. The predicted molar refractivity (Wildman–Crippen MR) is 107 cm³/mol. The molecule has 1 aliphatic rings. The van der Waals surface area contributed by atoms with E-state index in [1.807, 2.05) is 52.1 Å². The van der Waals surface area contributed by atoms with Gasteiger partial charge in [-0.05, 0) is 39.8 Å². The molecular formula is C19H27N5O2S. The summed E-state index contributed by atoms with van der Waals surface area (Å²) in [6, 6.07) is 5.83. The third kappa shape index (κ3) is 5.98. The van der Waals surface area contributed by atoms with Crippen LogP contribution >= 0.6 is 11.3 Å². The van der Waals surface area contributed by atoms with Crippen molar-refractivity contribution in [3.8, 4) is 0 Å². The summed E-state index contributed by atoms with van der Waals surface area (Å²) in [5.41, 5.74) is 0.632. The van der Waals surface area contributed by atoms with Crippen molar-refractivity contribution < 1.29 is 9.53 Å². The van der Waals surface area contributed by atoms with Crippen molar-refractivity contribution in [3.05, 3.63) is 35.0 Å². The van der Waals surface area contributed by atoms with Gasteiger partial charge in [-0.15, -0.1) is 11.3 Å². The maximum Gasteiger partial charge on any atom is 0.234 e. The lowest BCUT2D eigenvalue weighted by Crippen LogP contribution is -2.48. The molecule has 27 heavy (non-hydrogen) atoms. The molecule has 3 heterocycles. The number of nitrogens with one attached hydrogen (secondary N) is 2. The van der Waals surface area contributed by atoms with Crippen LogP contribution in [0, 0.1) is 6.92 Å². The zero-order valence-corrected chi connectivity index (χ0v) is 17.1. The van der Waals surface area contributed by atoms with Crippen molar-refractivity contribution in [3.63, 3.8) is 0 Å². The van der Waals surface area contributed by atoms with Crippen molar-refractivity contribution in [2.75, 3.05) is 31.6 Å². The van der Waals surface area contributed by atoms with E-state index in [0.717, 1.165) is 28.1 Å². The van der Waals surface area contributed by atoms with Crippen LogP contribution in [0.1, 0.15) is 37.4 Å². The van der Waals surface area contributed by atoms with E-state index in [2.05, 4.69) is 25.5 Å². The van der Waals surface area contributed by atoms with E-state index in [-0.39, 0.29) is 17.6 Å². The van der Waals surface area contributed by atoms with E-state index in [9.17, 15) is 4.79 Å². The summed E-state index contributed by atoms with van der Waals surface area (Å²) in [5.74, 6) is 0.777. The van der Waals surface area contributed by atoms with Crippen LogP contribution in [0.4, 0.5) is 10.9 Å². The predicted octanol–water partition coefficient (Wildman–Crippen LogP) is 2.88. The van der Waals surface area contributed by atoms with Crippen LogP contribution in [0.2, 0.25) is 0 Å². The molecule has 0 radical (unpaired) electrons. The number of rotatable bonds is 5. The van der Waals surface area contributed by atoms with Crippen LogP contribution in [0.3, 0.4) is 0 Å². The third-order valence-electron chi connectivity index (χ3n) is 3.99. The smallest absolute Gasteiger partial charge is 0.234 e. The van der Waals surface area contributed by atoms with Crippen LogP contribution in [-0.2, 0) is 9.53 Å². The van der Waals surface area contributed by atoms with E-state index < -0.39 is 0 Å².